The van der Waals surface area contributed by atoms with Gasteiger partial charge in [-0.25, -0.2) is 0 Å². The molecule has 0 saturated carbocycles. The molecule has 0 radical (unpaired) electrons. The van der Waals surface area contributed by atoms with Crippen molar-refractivity contribution in [2.24, 2.45) is 0 Å². The summed E-state index contributed by atoms with van der Waals surface area (Å²) in [5, 5.41) is 9.11. The molecule has 2 rings (SSSR count). The highest BCUT2D eigenvalue weighted by molar-refractivity contribution is 6.76. The molecule has 5 nitrogen and oxygen atoms in total. The van der Waals surface area contributed by atoms with E-state index in [0.29, 0.717) is 17.3 Å². The molecule has 0 aliphatic rings. The van der Waals surface area contributed by atoms with Gasteiger partial charge in [-0.2, -0.15) is 4.80 Å². The zero-order valence-electron chi connectivity index (χ0n) is 15.0. The molecular formula is C18H22ClN3O2Si. The SMILES string of the molecule is CC(=O)c1nn(COCC[Si](C)(C)C)nc1C#Cc1ccc(Cl)cc1. The van der Waals surface area contributed by atoms with E-state index < -0.39 is 8.07 Å². The molecule has 0 saturated heterocycles. The maximum Gasteiger partial charge on any atom is 0.182 e. The van der Waals surface area contributed by atoms with Crippen LogP contribution in [0, 0.1) is 11.8 Å². The zero-order valence-corrected chi connectivity index (χ0v) is 16.7. The number of ketones is 1. The number of aromatic nitrogens is 3. The van der Waals surface area contributed by atoms with E-state index in [1.165, 1.54) is 11.7 Å². The Kier molecular flexibility index (Phi) is 6.54. The highest BCUT2D eigenvalue weighted by atomic mass is 35.5. The second-order valence-electron chi connectivity index (χ2n) is 6.93. The summed E-state index contributed by atoms with van der Waals surface area (Å²) in [6.45, 7) is 9.21. The average molecular weight is 376 g/mol. The highest BCUT2D eigenvalue weighted by Gasteiger charge is 2.15. The standard InChI is InChI=1S/C18H22ClN3O2Si/c1-14(23)18-17(10-7-15-5-8-16(19)9-6-15)20-22(21-18)13-24-11-12-25(2,3)4/h5-6,8-9H,11-13H2,1-4H3. The molecule has 0 unspecified atom stereocenters. The van der Waals surface area contributed by atoms with Crippen LogP contribution in [0.4, 0.5) is 0 Å². The van der Waals surface area contributed by atoms with E-state index >= 15 is 0 Å². The van der Waals surface area contributed by atoms with Gasteiger partial charge in [-0.3, -0.25) is 4.79 Å². The van der Waals surface area contributed by atoms with E-state index in [4.69, 9.17) is 16.3 Å². The van der Waals surface area contributed by atoms with Crippen LogP contribution in [-0.2, 0) is 11.5 Å². The van der Waals surface area contributed by atoms with Gasteiger partial charge >= 0.3 is 0 Å². The lowest BCUT2D eigenvalue weighted by atomic mass is 10.2. The molecule has 0 atom stereocenters. The van der Waals surface area contributed by atoms with Crippen LogP contribution in [-0.4, -0.2) is 35.5 Å². The van der Waals surface area contributed by atoms with E-state index in [1.807, 2.05) is 12.1 Å². The van der Waals surface area contributed by atoms with Gasteiger partial charge in [-0.05, 0) is 36.2 Å². The molecule has 0 aliphatic heterocycles. The minimum Gasteiger partial charge on any atom is -0.358 e. The number of carbonyl (C=O) groups is 1. The third-order valence-electron chi connectivity index (χ3n) is 3.36. The molecule has 0 fully saturated rings. The summed E-state index contributed by atoms with van der Waals surface area (Å²) in [4.78, 5) is 13.1. The largest absolute Gasteiger partial charge is 0.358 e. The summed E-state index contributed by atoms with van der Waals surface area (Å²) in [5.74, 6) is 5.71. The fraction of sp³-hybridized carbons (Fsp3) is 0.389. The van der Waals surface area contributed by atoms with E-state index in [1.54, 1.807) is 12.1 Å². The smallest absolute Gasteiger partial charge is 0.182 e. The van der Waals surface area contributed by atoms with E-state index in [0.717, 1.165) is 11.6 Å². The maximum atomic E-state index is 11.8. The van der Waals surface area contributed by atoms with Crippen molar-refractivity contribution in [3.63, 3.8) is 0 Å². The predicted molar refractivity (Wildman–Crippen MR) is 102 cm³/mol. The van der Waals surface area contributed by atoms with Crippen LogP contribution < -0.4 is 0 Å². The lowest BCUT2D eigenvalue weighted by Crippen LogP contribution is -2.22. The lowest BCUT2D eigenvalue weighted by molar-refractivity contribution is 0.0680. The van der Waals surface area contributed by atoms with Crippen molar-refractivity contribution >= 4 is 25.5 Å². The summed E-state index contributed by atoms with van der Waals surface area (Å²) < 4.78 is 5.62. The van der Waals surface area contributed by atoms with Gasteiger partial charge in [0, 0.05) is 32.2 Å². The number of hydrogen-bond donors (Lipinski definition) is 0. The number of halogens is 1. The van der Waals surface area contributed by atoms with Crippen LogP contribution in [0.15, 0.2) is 24.3 Å². The lowest BCUT2D eigenvalue weighted by Gasteiger charge is -2.14. The first-order valence-corrected chi connectivity index (χ1v) is 12.1. The number of nitrogens with zero attached hydrogens (tertiary/aromatic N) is 3. The van der Waals surface area contributed by atoms with Gasteiger partial charge in [0.15, 0.2) is 23.9 Å². The number of benzene rings is 1. The van der Waals surface area contributed by atoms with Crippen LogP contribution in [0.1, 0.15) is 28.7 Å². The second kappa shape index (κ2) is 8.43. The van der Waals surface area contributed by atoms with Crippen LogP contribution in [0.25, 0.3) is 0 Å². The van der Waals surface area contributed by atoms with Gasteiger partial charge in [0.2, 0.25) is 0 Å². The van der Waals surface area contributed by atoms with Crippen molar-refractivity contribution in [1.29, 1.82) is 0 Å². The average Bonchev–Trinajstić information content (AvgIpc) is 2.94. The number of ether oxygens (including phenoxy) is 1. The number of rotatable bonds is 6. The van der Waals surface area contributed by atoms with Crippen molar-refractivity contribution in [3.05, 3.63) is 46.2 Å². The molecule has 1 heterocycles. The number of Topliss-reactive ketones (excluding diaryl/α,β-unsaturated/α-hetero) is 1. The Balaban J connectivity index is 2.09. The van der Waals surface area contributed by atoms with Gasteiger partial charge < -0.3 is 4.74 Å². The maximum absolute atomic E-state index is 11.8. The van der Waals surface area contributed by atoms with Gasteiger partial charge in [0.25, 0.3) is 0 Å². The van der Waals surface area contributed by atoms with Gasteiger partial charge in [-0.15, -0.1) is 10.2 Å². The number of carbonyl (C=O) groups excluding carboxylic acids is 1. The molecule has 7 heteroatoms. The first-order valence-electron chi connectivity index (χ1n) is 8.06. The Morgan fingerprint density at radius 3 is 2.48 bits per heavy atom. The third-order valence-corrected chi connectivity index (χ3v) is 5.32. The molecule has 25 heavy (non-hydrogen) atoms. The molecule has 0 aliphatic carbocycles. The van der Waals surface area contributed by atoms with Gasteiger partial charge in [0.05, 0.1) is 0 Å². The Bertz CT molecular complexity index is 798. The summed E-state index contributed by atoms with van der Waals surface area (Å²) in [5.41, 5.74) is 1.41. The van der Waals surface area contributed by atoms with E-state index in [2.05, 4.69) is 41.7 Å². The predicted octanol–water partition coefficient (Wildman–Crippen LogP) is 3.85. The monoisotopic (exact) mass is 375 g/mol. The van der Waals surface area contributed by atoms with Crippen molar-refractivity contribution in [1.82, 2.24) is 15.0 Å². The van der Waals surface area contributed by atoms with Crippen LogP contribution in [0.5, 0.6) is 0 Å². The molecule has 2 aromatic rings. The molecule has 0 N–H and O–H groups in total. The first-order chi connectivity index (χ1) is 11.7. The fourth-order valence-electron chi connectivity index (χ4n) is 1.92. The third kappa shape index (κ3) is 6.46. The second-order valence-corrected chi connectivity index (χ2v) is 13.0. The van der Waals surface area contributed by atoms with E-state index in [9.17, 15) is 4.79 Å². The zero-order chi connectivity index (χ0) is 18.4. The summed E-state index contributed by atoms with van der Waals surface area (Å²) >= 11 is 5.86. The Labute approximate surface area is 154 Å². The highest BCUT2D eigenvalue weighted by Crippen LogP contribution is 2.10. The van der Waals surface area contributed by atoms with E-state index in [-0.39, 0.29) is 18.2 Å². The molecule has 1 aromatic carbocycles. The van der Waals surface area contributed by atoms with Crippen molar-refractivity contribution in [2.45, 2.75) is 39.3 Å². The normalized spacial score (nSPS) is 11.1. The molecule has 0 spiro atoms. The fourth-order valence-corrected chi connectivity index (χ4v) is 2.80. The van der Waals surface area contributed by atoms with Crippen LogP contribution in [0.3, 0.4) is 0 Å². The van der Waals surface area contributed by atoms with Crippen molar-refractivity contribution < 1.29 is 9.53 Å². The molecular weight excluding hydrogens is 354 g/mol. The summed E-state index contributed by atoms with van der Waals surface area (Å²) in [6, 6.07) is 8.22. The van der Waals surface area contributed by atoms with Crippen LogP contribution in [0.2, 0.25) is 30.7 Å². The molecule has 0 amide bonds. The van der Waals surface area contributed by atoms with Gasteiger partial charge in [0.1, 0.15) is 0 Å². The van der Waals surface area contributed by atoms with Crippen molar-refractivity contribution in [2.75, 3.05) is 6.61 Å². The summed E-state index contributed by atoms with van der Waals surface area (Å²) in [7, 11) is -1.13. The first kappa shape index (κ1) is 19.4. The van der Waals surface area contributed by atoms with Crippen molar-refractivity contribution in [3.8, 4) is 11.8 Å². The molecule has 0 bridgehead atoms. The quantitative estimate of drug-likeness (QED) is 0.333. The van der Waals surface area contributed by atoms with Crippen LogP contribution >= 0.6 is 11.6 Å². The molecule has 132 valence electrons. The number of hydrogen-bond acceptors (Lipinski definition) is 4. The Morgan fingerprint density at radius 1 is 1.20 bits per heavy atom. The summed E-state index contributed by atoms with van der Waals surface area (Å²) in [6.07, 6.45) is 0. The Hall–Kier alpha value is -1.94. The minimum atomic E-state index is -1.13. The molecule has 1 aromatic heterocycles. The van der Waals surface area contributed by atoms with Gasteiger partial charge in [-0.1, -0.05) is 37.2 Å². The minimum absolute atomic E-state index is 0.172. The topological polar surface area (TPSA) is 57.0 Å². The Morgan fingerprint density at radius 2 is 1.88 bits per heavy atom.